The van der Waals surface area contributed by atoms with Crippen LogP contribution in [0.5, 0.6) is 5.75 Å². The van der Waals surface area contributed by atoms with Crippen LogP contribution in [0.2, 0.25) is 0 Å². The number of alkyl halides is 3. The van der Waals surface area contributed by atoms with Gasteiger partial charge in [-0.2, -0.15) is 0 Å². The van der Waals surface area contributed by atoms with Gasteiger partial charge in [0, 0.05) is 12.3 Å². The molecular formula is C7H6F3NO2. The number of aliphatic hydroxyl groups is 1. The van der Waals surface area contributed by atoms with Crippen LogP contribution in [0, 0.1) is 0 Å². The van der Waals surface area contributed by atoms with E-state index in [4.69, 9.17) is 5.11 Å². The minimum atomic E-state index is -4.71. The third-order valence-corrected chi connectivity index (χ3v) is 1.18. The van der Waals surface area contributed by atoms with Crippen LogP contribution in [-0.2, 0) is 6.61 Å². The van der Waals surface area contributed by atoms with Gasteiger partial charge in [0.15, 0.2) is 0 Å². The van der Waals surface area contributed by atoms with Gasteiger partial charge in [0.1, 0.15) is 5.75 Å². The minimum Gasteiger partial charge on any atom is -0.406 e. The molecule has 1 rings (SSSR count). The fourth-order valence-electron chi connectivity index (χ4n) is 0.740. The van der Waals surface area contributed by atoms with Gasteiger partial charge < -0.3 is 9.84 Å². The first-order valence-corrected chi connectivity index (χ1v) is 3.33. The fraction of sp³-hybridized carbons (Fsp3) is 0.286. The maximum Gasteiger partial charge on any atom is 0.573 e. The molecular weight excluding hydrogens is 187 g/mol. The van der Waals surface area contributed by atoms with Crippen molar-refractivity contribution in [1.29, 1.82) is 0 Å². The zero-order valence-electron chi connectivity index (χ0n) is 6.38. The van der Waals surface area contributed by atoms with E-state index in [-0.39, 0.29) is 11.4 Å². The second-order valence-electron chi connectivity index (χ2n) is 2.19. The predicted molar refractivity (Wildman–Crippen MR) is 36.8 cm³/mol. The zero-order chi connectivity index (χ0) is 9.90. The summed E-state index contributed by atoms with van der Waals surface area (Å²) in [5.74, 6) is -0.383. The van der Waals surface area contributed by atoms with E-state index in [0.717, 1.165) is 18.3 Å². The standard InChI is InChI=1S/C7H6F3NO2/c8-7(9,10)13-6-1-2-11-5(3-6)4-12/h1-3,12H,4H2. The molecule has 0 aliphatic rings. The lowest BCUT2D eigenvalue weighted by molar-refractivity contribution is -0.274. The van der Waals surface area contributed by atoms with Crippen LogP contribution in [0.15, 0.2) is 18.3 Å². The molecule has 0 atom stereocenters. The molecule has 0 saturated carbocycles. The minimum absolute atomic E-state index is 0.127. The predicted octanol–water partition coefficient (Wildman–Crippen LogP) is 1.47. The van der Waals surface area contributed by atoms with E-state index in [0.29, 0.717) is 0 Å². The van der Waals surface area contributed by atoms with Crippen molar-refractivity contribution in [1.82, 2.24) is 4.98 Å². The van der Waals surface area contributed by atoms with Crippen LogP contribution in [0.25, 0.3) is 0 Å². The SMILES string of the molecule is OCc1cc(OC(F)(F)F)ccn1. The summed E-state index contributed by atoms with van der Waals surface area (Å²) < 4.78 is 38.6. The Bertz CT molecular complexity index is 287. The number of pyridine rings is 1. The Balaban J connectivity index is 2.78. The largest absolute Gasteiger partial charge is 0.573 e. The van der Waals surface area contributed by atoms with Gasteiger partial charge in [-0.15, -0.1) is 13.2 Å². The van der Waals surface area contributed by atoms with Gasteiger partial charge in [-0.25, -0.2) is 0 Å². The number of ether oxygens (including phenoxy) is 1. The van der Waals surface area contributed by atoms with Gasteiger partial charge in [0.25, 0.3) is 0 Å². The summed E-state index contributed by atoms with van der Waals surface area (Å²) in [6.07, 6.45) is -3.58. The normalized spacial score (nSPS) is 11.4. The quantitative estimate of drug-likeness (QED) is 0.773. The first-order valence-electron chi connectivity index (χ1n) is 3.33. The van der Waals surface area contributed by atoms with Gasteiger partial charge in [-0.3, -0.25) is 4.98 Å². The molecule has 0 aromatic carbocycles. The molecule has 0 saturated heterocycles. The molecule has 0 radical (unpaired) electrons. The van der Waals surface area contributed by atoms with Crippen molar-refractivity contribution in [2.75, 3.05) is 0 Å². The molecule has 0 aliphatic carbocycles. The molecule has 1 aromatic heterocycles. The molecule has 3 nitrogen and oxygen atoms in total. The highest BCUT2D eigenvalue weighted by molar-refractivity contribution is 5.22. The van der Waals surface area contributed by atoms with Crippen molar-refractivity contribution in [3.8, 4) is 5.75 Å². The number of halogens is 3. The van der Waals surface area contributed by atoms with E-state index in [1.165, 1.54) is 0 Å². The van der Waals surface area contributed by atoms with E-state index in [2.05, 4.69) is 9.72 Å². The highest BCUT2D eigenvalue weighted by atomic mass is 19.4. The molecule has 0 spiro atoms. The molecule has 0 bridgehead atoms. The van der Waals surface area contributed by atoms with Crippen molar-refractivity contribution in [2.24, 2.45) is 0 Å². The van der Waals surface area contributed by atoms with Crippen molar-refractivity contribution in [3.63, 3.8) is 0 Å². The van der Waals surface area contributed by atoms with Gasteiger partial charge in [-0.05, 0) is 6.07 Å². The number of nitrogens with zero attached hydrogens (tertiary/aromatic N) is 1. The third-order valence-electron chi connectivity index (χ3n) is 1.18. The van der Waals surface area contributed by atoms with Crippen molar-refractivity contribution in [3.05, 3.63) is 24.0 Å². The van der Waals surface area contributed by atoms with E-state index in [9.17, 15) is 13.2 Å². The summed E-state index contributed by atoms with van der Waals surface area (Å²) in [6.45, 7) is -0.422. The number of rotatable bonds is 2. The van der Waals surface area contributed by atoms with Crippen LogP contribution >= 0.6 is 0 Å². The Morgan fingerprint density at radius 3 is 2.69 bits per heavy atom. The van der Waals surface area contributed by atoms with Crippen molar-refractivity contribution < 1.29 is 23.0 Å². The average Bonchev–Trinajstić information content (AvgIpc) is 2.01. The first-order chi connectivity index (χ1) is 6.01. The molecule has 1 N–H and O–H groups in total. The molecule has 0 aliphatic heterocycles. The van der Waals surface area contributed by atoms with E-state index in [1.54, 1.807) is 0 Å². The third kappa shape index (κ3) is 3.29. The molecule has 0 unspecified atom stereocenters. The summed E-state index contributed by atoms with van der Waals surface area (Å²) in [6, 6.07) is 2.08. The van der Waals surface area contributed by atoms with E-state index in [1.807, 2.05) is 0 Å². The van der Waals surface area contributed by atoms with Crippen molar-refractivity contribution >= 4 is 0 Å². The molecule has 13 heavy (non-hydrogen) atoms. The van der Waals surface area contributed by atoms with Crippen LogP contribution in [-0.4, -0.2) is 16.5 Å². The summed E-state index contributed by atoms with van der Waals surface area (Å²) in [4.78, 5) is 3.59. The average molecular weight is 193 g/mol. The Kier molecular flexibility index (Phi) is 2.72. The lowest BCUT2D eigenvalue weighted by atomic mass is 10.3. The zero-order valence-corrected chi connectivity index (χ0v) is 6.38. The van der Waals surface area contributed by atoms with E-state index < -0.39 is 13.0 Å². The maximum absolute atomic E-state index is 11.7. The number of hydrogen-bond donors (Lipinski definition) is 1. The fourth-order valence-corrected chi connectivity index (χ4v) is 0.740. The molecule has 0 amide bonds. The highest BCUT2D eigenvalue weighted by Crippen LogP contribution is 2.22. The molecule has 6 heteroatoms. The highest BCUT2D eigenvalue weighted by Gasteiger charge is 2.31. The van der Waals surface area contributed by atoms with Gasteiger partial charge in [-0.1, -0.05) is 0 Å². The van der Waals surface area contributed by atoms with E-state index >= 15 is 0 Å². The Hall–Kier alpha value is -1.30. The molecule has 1 aromatic rings. The Morgan fingerprint density at radius 1 is 1.46 bits per heavy atom. The lowest BCUT2D eigenvalue weighted by Gasteiger charge is -2.08. The summed E-state index contributed by atoms with van der Waals surface area (Å²) in [5, 5.41) is 8.56. The van der Waals surface area contributed by atoms with Crippen LogP contribution < -0.4 is 4.74 Å². The molecule has 1 heterocycles. The van der Waals surface area contributed by atoms with Crippen LogP contribution in [0.3, 0.4) is 0 Å². The van der Waals surface area contributed by atoms with Crippen LogP contribution in [0.1, 0.15) is 5.69 Å². The summed E-state index contributed by atoms with van der Waals surface area (Å²) >= 11 is 0. The second-order valence-corrected chi connectivity index (χ2v) is 2.19. The van der Waals surface area contributed by atoms with Crippen LogP contribution in [0.4, 0.5) is 13.2 Å². The Morgan fingerprint density at radius 2 is 2.15 bits per heavy atom. The number of aromatic nitrogens is 1. The van der Waals surface area contributed by atoms with Gasteiger partial charge >= 0.3 is 6.36 Å². The summed E-state index contributed by atoms with van der Waals surface area (Å²) in [5.41, 5.74) is 0.127. The maximum atomic E-state index is 11.7. The Labute approximate surface area is 71.8 Å². The number of hydrogen-bond acceptors (Lipinski definition) is 3. The van der Waals surface area contributed by atoms with Gasteiger partial charge in [0.2, 0.25) is 0 Å². The summed E-state index contributed by atoms with van der Waals surface area (Å²) in [7, 11) is 0. The lowest BCUT2D eigenvalue weighted by Crippen LogP contribution is -2.17. The number of aliphatic hydroxyl groups excluding tert-OH is 1. The second kappa shape index (κ2) is 3.61. The van der Waals surface area contributed by atoms with Crippen molar-refractivity contribution in [2.45, 2.75) is 13.0 Å². The van der Waals surface area contributed by atoms with Gasteiger partial charge in [0.05, 0.1) is 12.3 Å². The molecule has 0 fully saturated rings. The topological polar surface area (TPSA) is 42.4 Å². The molecule has 72 valence electrons. The first kappa shape index (κ1) is 9.79. The smallest absolute Gasteiger partial charge is 0.406 e. The monoisotopic (exact) mass is 193 g/mol.